The fraction of sp³-hybridized carbons (Fsp3) is 0.133. The molecule has 6 heteroatoms. The smallest absolute Gasteiger partial charge is 0.315 e. The fourth-order valence-corrected chi connectivity index (χ4v) is 2.21. The van der Waals surface area contributed by atoms with Crippen LogP contribution in [-0.2, 0) is 9.59 Å². The van der Waals surface area contributed by atoms with Crippen LogP contribution >= 0.6 is 15.9 Å². The number of carbonyl (C=O) groups is 2. The quantitative estimate of drug-likeness (QED) is 0.820. The molecule has 2 amide bonds. The zero-order valence-corrected chi connectivity index (χ0v) is 13.2. The Balaban J connectivity index is 2.02. The maximum atomic E-state index is 11.8. The number of rotatable bonds is 2. The van der Waals surface area contributed by atoms with Gasteiger partial charge in [-0.3, -0.25) is 9.59 Å². The zero-order valence-electron chi connectivity index (χ0n) is 11.6. The number of amides is 2. The summed E-state index contributed by atoms with van der Waals surface area (Å²) in [5, 5.41) is 4.99. The number of anilines is 2. The Kier molecular flexibility index (Phi) is 4.70. The van der Waals surface area contributed by atoms with Crippen LogP contribution in [0.1, 0.15) is 11.1 Å². The summed E-state index contributed by atoms with van der Waals surface area (Å²) in [7, 11) is 0. The molecule has 0 saturated heterocycles. The van der Waals surface area contributed by atoms with Gasteiger partial charge in [0.05, 0.1) is 5.69 Å². The number of nitrogens with one attached hydrogen (secondary N) is 2. The largest absolute Gasteiger partial charge is 0.317 e. The molecule has 0 aliphatic carbocycles. The van der Waals surface area contributed by atoms with Crippen molar-refractivity contribution in [1.82, 2.24) is 4.98 Å². The molecule has 108 valence electrons. The Labute approximate surface area is 130 Å². The minimum absolute atomic E-state index is 0.337. The van der Waals surface area contributed by atoms with Crippen molar-refractivity contribution in [3.8, 4) is 0 Å². The Morgan fingerprint density at radius 2 is 1.67 bits per heavy atom. The minimum atomic E-state index is -0.765. The summed E-state index contributed by atoms with van der Waals surface area (Å²) in [6.07, 6.45) is 1.62. The number of carbonyl (C=O) groups excluding carboxylic acids is 2. The molecule has 2 rings (SSSR count). The molecule has 0 aliphatic rings. The molecule has 1 heterocycles. The van der Waals surface area contributed by atoms with E-state index in [4.69, 9.17) is 0 Å². The minimum Gasteiger partial charge on any atom is -0.317 e. The molecule has 1 aromatic heterocycles. The lowest BCUT2D eigenvalue weighted by atomic mass is 10.2. The summed E-state index contributed by atoms with van der Waals surface area (Å²) < 4.78 is 0.720. The van der Waals surface area contributed by atoms with E-state index in [1.807, 2.05) is 26.0 Å². The van der Waals surface area contributed by atoms with Crippen LogP contribution in [0.3, 0.4) is 0 Å². The van der Waals surface area contributed by atoms with Crippen LogP contribution in [0.25, 0.3) is 0 Å². The molecule has 21 heavy (non-hydrogen) atoms. The van der Waals surface area contributed by atoms with Crippen LogP contribution in [0.5, 0.6) is 0 Å². The molecule has 0 spiro atoms. The highest BCUT2D eigenvalue weighted by molar-refractivity contribution is 9.10. The van der Waals surface area contributed by atoms with Gasteiger partial charge in [0.2, 0.25) is 0 Å². The Hall–Kier alpha value is -2.21. The molecule has 0 radical (unpaired) electrons. The number of aromatic nitrogens is 1. The van der Waals surface area contributed by atoms with Crippen molar-refractivity contribution in [1.29, 1.82) is 0 Å². The van der Waals surface area contributed by atoms with Crippen LogP contribution in [0.4, 0.5) is 11.5 Å². The number of hydrogen-bond donors (Lipinski definition) is 2. The molecule has 0 fully saturated rings. The summed E-state index contributed by atoms with van der Waals surface area (Å²) >= 11 is 3.34. The number of halogens is 1. The molecule has 5 nitrogen and oxygen atoms in total. The predicted octanol–water partition coefficient (Wildman–Crippen LogP) is 3.04. The number of pyridine rings is 1. The molecule has 1 aromatic carbocycles. The Bertz CT molecular complexity index is 684. The van der Waals surface area contributed by atoms with Crippen molar-refractivity contribution in [2.75, 3.05) is 10.6 Å². The van der Waals surface area contributed by atoms with Crippen molar-refractivity contribution in [2.45, 2.75) is 13.8 Å². The van der Waals surface area contributed by atoms with Crippen molar-refractivity contribution in [3.63, 3.8) is 0 Å². The highest BCUT2D eigenvalue weighted by atomic mass is 79.9. The molecular weight excluding hydrogens is 334 g/mol. The number of benzene rings is 1. The third-order valence-electron chi connectivity index (χ3n) is 2.73. The van der Waals surface area contributed by atoms with Gasteiger partial charge in [-0.2, -0.15) is 0 Å². The first-order valence-corrected chi connectivity index (χ1v) is 7.06. The summed E-state index contributed by atoms with van der Waals surface area (Å²) in [5.74, 6) is -1.18. The first-order valence-electron chi connectivity index (χ1n) is 6.27. The van der Waals surface area contributed by atoms with Crippen molar-refractivity contribution in [3.05, 3.63) is 52.1 Å². The molecule has 2 N–H and O–H groups in total. The van der Waals surface area contributed by atoms with Crippen LogP contribution < -0.4 is 10.6 Å². The first-order chi connectivity index (χ1) is 9.95. The summed E-state index contributed by atoms with van der Waals surface area (Å²) in [5.41, 5.74) is 2.56. The van der Waals surface area contributed by atoms with Crippen molar-refractivity contribution >= 4 is 39.2 Å². The predicted molar refractivity (Wildman–Crippen MR) is 85.1 cm³/mol. The normalized spacial score (nSPS) is 10.0. The van der Waals surface area contributed by atoms with Gasteiger partial charge < -0.3 is 10.6 Å². The number of aryl methyl sites for hydroxylation is 2. The van der Waals surface area contributed by atoms with E-state index in [1.165, 1.54) is 0 Å². The van der Waals surface area contributed by atoms with Crippen LogP contribution in [0, 0.1) is 13.8 Å². The SMILES string of the molecule is Cc1ccc(NC(=O)C(=O)Nc2ccc(C)cc2Br)nc1. The van der Waals surface area contributed by atoms with Crippen LogP contribution in [0.2, 0.25) is 0 Å². The second-order valence-corrected chi connectivity index (χ2v) is 5.47. The van der Waals surface area contributed by atoms with Gasteiger partial charge in [-0.15, -0.1) is 0 Å². The Morgan fingerprint density at radius 3 is 2.29 bits per heavy atom. The van der Waals surface area contributed by atoms with E-state index in [0.29, 0.717) is 11.5 Å². The van der Waals surface area contributed by atoms with Crippen LogP contribution in [0.15, 0.2) is 41.0 Å². The van der Waals surface area contributed by atoms with Gasteiger partial charge in [-0.05, 0) is 59.1 Å². The van der Waals surface area contributed by atoms with Gasteiger partial charge in [-0.1, -0.05) is 12.1 Å². The van der Waals surface area contributed by atoms with Gasteiger partial charge in [0.1, 0.15) is 5.82 Å². The maximum Gasteiger partial charge on any atom is 0.315 e. The van der Waals surface area contributed by atoms with Gasteiger partial charge in [0.15, 0.2) is 0 Å². The second kappa shape index (κ2) is 6.49. The zero-order chi connectivity index (χ0) is 15.4. The molecular formula is C15H14BrN3O2. The third-order valence-corrected chi connectivity index (χ3v) is 3.39. The summed E-state index contributed by atoms with van der Waals surface area (Å²) in [6.45, 7) is 3.83. The monoisotopic (exact) mass is 347 g/mol. The van der Waals surface area contributed by atoms with E-state index in [2.05, 4.69) is 31.5 Å². The van der Waals surface area contributed by atoms with E-state index in [9.17, 15) is 9.59 Å². The number of hydrogen-bond acceptors (Lipinski definition) is 3. The Morgan fingerprint density at radius 1 is 1.00 bits per heavy atom. The molecule has 0 aliphatic heterocycles. The fourth-order valence-electron chi connectivity index (χ4n) is 1.62. The van der Waals surface area contributed by atoms with Gasteiger partial charge >= 0.3 is 11.8 Å². The van der Waals surface area contributed by atoms with E-state index in [1.54, 1.807) is 24.4 Å². The van der Waals surface area contributed by atoms with Gasteiger partial charge in [0.25, 0.3) is 0 Å². The number of nitrogens with zero attached hydrogens (tertiary/aromatic N) is 1. The van der Waals surface area contributed by atoms with Crippen molar-refractivity contribution in [2.24, 2.45) is 0 Å². The summed E-state index contributed by atoms with van der Waals surface area (Å²) in [6, 6.07) is 8.88. The standard InChI is InChI=1S/C15H14BrN3O2/c1-9-3-5-12(11(16)7-9)18-14(20)15(21)19-13-6-4-10(2)8-17-13/h3-8H,1-2H3,(H,18,20)(H,17,19,21). The molecule has 0 saturated carbocycles. The van der Waals surface area contributed by atoms with Crippen molar-refractivity contribution < 1.29 is 9.59 Å². The third kappa shape index (κ3) is 4.13. The van der Waals surface area contributed by atoms with E-state index in [0.717, 1.165) is 15.6 Å². The second-order valence-electron chi connectivity index (χ2n) is 4.61. The average Bonchev–Trinajstić information content (AvgIpc) is 2.44. The topological polar surface area (TPSA) is 71.1 Å². The highest BCUT2D eigenvalue weighted by Crippen LogP contribution is 2.23. The van der Waals surface area contributed by atoms with E-state index >= 15 is 0 Å². The average molecular weight is 348 g/mol. The molecule has 0 bridgehead atoms. The van der Waals surface area contributed by atoms with Gasteiger partial charge in [0, 0.05) is 10.7 Å². The first kappa shape index (κ1) is 15.2. The lowest BCUT2D eigenvalue weighted by molar-refractivity contribution is -0.133. The highest BCUT2D eigenvalue weighted by Gasteiger charge is 2.15. The molecule has 2 aromatic rings. The van der Waals surface area contributed by atoms with Gasteiger partial charge in [-0.25, -0.2) is 4.98 Å². The molecule has 0 unspecified atom stereocenters. The van der Waals surface area contributed by atoms with Crippen LogP contribution in [-0.4, -0.2) is 16.8 Å². The summed E-state index contributed by atoms with van der Waals surface area (Å²) in [4.78, 5) is 27.7. The maximum absolute atomic E-state index is 11.8. The lowest BCUT2D eigenvalue weighted by Gasteiger charge is -2.08. The van der Waals surface area contributed by atoms with E-state index < -0.39 is 11.8 Å². The van der Waals surface area contributed by atoms with E-state index in [-0.39, 0.29) is 0 Å². The molecule has 0 atom stereocenters. The lowest BCUT2D eigenvalue weighted by Crippen LogP contribution is -2.29.